The lowest BCUT2D eigenvalue weighted by atomic mass is 10.1. The van der Waals surface area contributed by atoms with Crippen molar-refractivity contribution in [3.8, 4) is 23.3 Å². The number of para-hydroxylation sites is 2. The van der Waals surface area contributed by atoms with Crippen LogP contribution in [0.5, 0.6) is 17.2 Å². The lowest BCUT2D eigenvalue weighted by molar-refractivity contribution is 0.321. The molecule has 0 aliphatic rings. The van der Waals surface area contributed by atoms with Gasteiger partial charge in [0.15, 0.2) is 11.5 Å². The van der Waals surface area contributed by atoms with Crippen LogP contribution in [0.2, 0.25) is 0 Å². The largest absolute Gasteiger partial charge is 0.490 e. The third-order valence-electron chi connectivity index (χ3n) is 2.69. The maximum absolute atomic E-state index is 9.18. The lowest BCUT2D eigenvalue weighted by Gasteiger charge is -2.12. The van der Waals surface area contributed by atoms with Crippen molar-refractivity contribution < 1.29 is 9.47 Å². The minimum Gasteiger partial charge on any atom is -0.490 e. The fraction of sp³-hybridized carbons (Fsp3) is 0.188. The van der Waals surface area contributed by atoms with Crippen LogP contribution in [0.4, 0.5) is 0 Å². The van der Waals surface area contributed by atoms with Gasteiger partial charge in [-0.1, -0.05) is 18.2 Å². The second kappa shape index (κ2) is 6.83. The average Bonchev–Trinajstić information content (AvgIpc) is 2.50. The van der Waals surface area contributed by atoms with Crippen LogP contribution in [0.15, 0.2) is 42.5 Å². The summed E-state index contributed by atoms with van der Waals surface area (Å²) in [5, 5.41) is 9.18. The van der Waals surface area contributed by atoms with Crippen molar-refractivity contribution in [1.82, 2.24) is 0 Å². The molecule has 0 radical (unpaired) electrons. The summed E-state index contributed by atoms with van der Waals surface area (Å²) < 4.78 is 11.3. The van der Waals surface area contributed by atoms with Crippen molar-refractivity contribution in [2.45, 2.75) is 12.8 Å². The van der Waals surface area contributed by atoms with Crippen molar-refractivity contribution in [3.05, 3.63) is 53.6 Å². The highest BCUT2D eigenvalue weighted by molar-refractivity contribution is 6.17. The van der Waals surface area contributed by atoms with E-state index in [9.17, 15) is 5.26 Å². The molecule has 0 heterocycles. The number of rotatable bonds is 5. The first-order valence-electron chi connectivity index (χ1n) is 6.27. The van der Waals surface area contributed by atoms with Gasteiger partial charge in [-0.3, -0.25) is 0 Å². The third kappa shape index (κ3) is 3.23. The summed E-state index contributed by atoms with van der Waals surface area (Å²) >= 11 is 5.76. The second-order valence-electron chi connectivity index (χ2n) is 4.06. The van der Waals surface area contributed by atoms with Crippen LogP contribution in [-0.4, -0.2) is 6.61 Å². The molecule has 20 heavy (non-hydrogen) atoms. The SMILES string of the molecule is CCOc1ccccc1Oc1ccc(CCl)cc1C#N. The Hall–Kier alpha value is -2.18. The highest BCUT2D eigenvalue weighted by Gasteiger charge is 2.09. The Morgan fingerprint density at radius 1 is 1.10 bits per heavy atom. The molecule has 0 saturated heterocycles. The van der Waals surface area contributed by atoms with Crippen LogP contribution >= 0.6 is 11.6 Å². The number of ether oxygens (including phenoxy) is 2. The fourth-order valence-corrected chi connectivity index (χ4v) is 1.93. The molecule has 0 aromatic heterocycles. The number of hydrogen-bond acceptors (Lipinski definition) is 3. The van der Waals surface area contributed by atoms with Gasteiger partial charge in [0.2, 0.25) is 0 Å². The molecule has 0 amide bonds. The molecule has 0 spiro atoms. The van der Waals surface area contributed by atoms with Crippen molar-refractivity contribution in [1.29, 1.82) is 5.26 Å². The van der Waals surface area contributed by atoms with Gasteiger partial charge in [-0.25, -0.2) is 0 Å². The molecule has 102 valence electrons. The summed E-state index contributed by atoms with van der Waals surface area (Å²) in [5.41, 5.74) is 1.34. The molecule has 2 aromatic carbocycles. The maximum atomic E-state index is 9.18. The first-order chi connectivity index (χ1) is 9.78. The summed E-state index contributed by atoms with van der Waals surface area (Å²) in [6, 6.07) is 14.8. The van der Waals surface area contributed by atoms with Crippen LogP contribution in [0.25, 0.3) is 0 Å². The van der Waals surface area contributed by atoms with Gasteiger partial charge in [0.25, 0.3) is 0 Å². The van der Waals surface area contributed by atoms with Gasteiger partial charge in [0.05, 0.1) is 12.2 Å². The molecular weight excluding hydrogens is 274 g/mol. The van der Waals surface area contributed by atoms with Gasteiger partial charge in [0.1, 0.15) is 11.8 Å². The van der Waals surface area contributed by atoms with Crippen molar-refractivity contribution in [2.75, 3.05) is 6.61 Å². The number of alkyl halides is 1. The summed E-state index contributed by atoms with van der Waals surface area (Å²) in [5.74, 6) is 2.10. The van der Waals surface area contributed by atoms with E-state index in [1.807, 2.05) is 37.3 Å². The monoisotopic (exact) mass is 287 g/mol. The van der Waals surface area contributed by atoms with Crippen molar-refractivity contribution in [2.24, 2.45) is 0 Å². The van der Waals surface area contributed by atoms with E-state index < -0.39 is 0 Å². The van der Waals surface area contributed by atoms with E-state index in [1.54, 1.807) is 12.1 Å². The number of nitrogens with zero attached hydrogens (tertiary/aromatic N) is 1. The van der Waals surface area contributed by atoms with Crippen LogP contribution in [0.3, 0.4) is 0 Å². The Labute approximate surface area is 123 Å². The van der Waals surface area contributed by atoms with E-state index in [-0.39, 0.29) is 0 Å². The molecule has 3 nitrogen and oxygen atoms in total. The molecule has 0 saturated carbocycles. The molecule has 4 heteroatoms. The van der Waals surface area contributed by atoms with Crippen LogP contribution in [-0.2, 0) is 5.88 Å². The van der Waals surface area contributed by atoms with Gasteiger partial charge in [-0.2, -0.15) is 5.26 Å². The highest BCUT2D eigenvalue weighted by atomic mass is 35.5. The molecule has 0 aliphatic carbocycles. The Bertz CT molecular complexity index is 635. The Morgan fingerprint density at radius 2 is 1.85 bits per heavy atom. The summed E-state index contributed by atoms with van der Waals surface area (Å²) in [6.07, 6.45) is 0. The number of benzene rings is 2. The van der Waals surface area contributed by atoms with E-state index in [4.69, 9.17) is 21.1 Å². The first-order valence-corrected chi connectivity index (χ1v) is 6.80. The Morgan fingerprint density at radius 3 is 2.50 bits per heavy atom. The highest BCUT2D eigenvalue weighted by Crippen LogP contribution is 2.33. The van der Waals surface area contributed by atoms with Gasteiger partial charge in [-0.05, 0) is 36.8 Å². The average molecular weight is 288 g/mol. The molecule has 0 fully saturated rings. The van der Waals surface area contributed by atoms with E-state index in [0.29, 0.717) is 35.3 Å². The third-order valence-corrected chi connectivity index (χ3v) is 3.00. The maximum Gasteiger partial charge on any atom is 0.169 e. The Kier molecular flexibility index (Phi) is 4.86. The molecule has 0 N–H and O–H groups in total. The molecule has 0 aliphatic heterocycles. The molecule has 2 rings (SSSR count). The van der Waals surface area contributed by atoms with Crippen LogP contribution in [0, 0.1) is 11.3 Å². The topological polar surface area (TPSA) is 42.2 Å². The molecule has 0 atom stereocenters. The normalized spacial score (nSPS) is 9.85. The zero-order valence-corrected chi connectivity index (χ0v) is 11.9. The van der Waals surface area contributed by atoms with E-state index in [2.05, 4.69) is 6.07 Å². The second-order valence-corrected chi connectivity index (χ2v) is 4.33. The van der Waals surface area contributed by atoms with Crippen LogP contribution < -0.4 is 9.47 Å². The summed E-state index contributed by atoms with van der Waals surface area (Å²) in [7, 11) is 0. The van der Waals surface area contributed by atoms with E-state index >= 15 is 0 Å². The predicted molar refractivity (Wildman–Crippen MR) is 78.4 cm³/mol. The summed E-state index contributed by atoms with van der Waals surface area (Å²) in [6.45, 7) is 2.46. The smallest absolute Gasteiger partial charge is 0.169 e. The quantitative estimate of drug-likeness (QED) is 0.761. The van der Waals surface area contributed by atoms with E-state index in [0.717, 1.165) is 5.56 Å². The zero-order valence-electron chi connectivity index (χ0n) is 11.1. The Balaban J connectivity index is 2.33. The zero-order chi connectivity index (χ0) is 14.4. The lowest BCUT2D eigenvalue weighted by Crippen LogP contribution is -1.96. The molecular formula is C16H14ClNO2. The van der Waals surface area contributed by atoms with E-state index in [1.165, 1.54) is 0 Å². The predicted octanol–water partition coefficient (Wildman–Crippen LogP) is 4.49. The number of halogens is 1. The van der Waals surface area contributed by atoms with Crippen molar-refractivity contribution >= 4 is 11.6 Å². The fourth-order valence-electron chi connectivity index (χ4n) is 1.76. The minimum atomic E-state index is 0.366. The van der Waals surface area contributed by atoms with Gasteiger partial charge in [0, 0.05) is 5.88 Å². The molecule has 0 unspecified atom stereocenters. The minimum absolute atomic E-state index is 0.366. The van der Waals surface area contributed by atoms with Gasteiger partial charge in [-0.15, -0.1) is 11.6 Å². The number of hydrogen-bond donors (Lipinski definition) is 0. The standard InChI is InChI=1S/C16H14ClNO2/c1-2-19-15-5-3-4-6-16(15)20-14-8-7-12(10-17)9-13(14)11-18/h3-9H,2,10H2,1H3. The van der Waals surface area contributed by atoms with Gasteiger partial charge >= 0.3 is 0 Å². The number of nitriles is 1. The molecule has 2 aromatic rings. The molecule has 0 bridgehead atoms. The van der Waals surface area contributed by atoms with Gasteiger partial charge < -0.3 is 9.47 Å². The summed E-state index contributed by atoms with van der Waals surface area (Å²) in [4.78, 5) is 0. The first kappa shape index (κ1) is 14.2. The van der Waals surface area contributed by atoms with Crippen molar-refractivity contribution in [3.63, 3.8) is 0 Å². The van der Waals surface area contributed by atoms with Crippen LogP contribution in [0.1, 0.15) is 18.1 Å².